The van der Waals surface area contributed by atoms with E-state index in [0.717, 1.165) is 31.2 Å². The summed E-state index contributed by atoms with van der Waals surface area (Å²) in [5.41, 5.74) is 1.02. The second-order valence-corrected chi connectivity index (χ2v) is 6.28. The van der Waals surface area contributed by atoms with Crippen LogP contribution < -0.4 is 5.32 Å². The number of aliphatic carboxylic acids is 1. The van der Waals surface area contributed by atoms with Gasteiger partial charge in [-0.05, 0) is 50.3 Å². The molecule has 110 valence electrons. The molecule has 1 unspecified atom stereocenters. The van der Waals surface area contributed by atoms with Gasteiger partial charge in [0.2, 0.25) is 0 Å². The number of rotatable bonds is 4. The number of hydrogen-bond acceptors (Lipinski definition) is 2. The molecular weight excluding hydrogens is 297 g/mol. The van der Waals surface area contributed by atoms with Crippen LogP contribution in [-0.4, -0.2) is 17.1 Å². The van der Waals surface area contributed by atoms with Gasteiger partial charge in [0, 0.05) is 22.1 Å². The molecule has 0 saturated heterocycles. The van der Waals surface area contributed by atoms with Gasteiger partial charge in [0.25, 0.3) is 0 Å². The highest BCUT2D eigenvalue weighted by molar-refractivity contribution is 6.35. The quantitative estimate of drug-likeness (QED) is 0.871. The van der Waals surface area contributed by atoms with Crippen LogP contribution in [0.15, 0.2) is 18.2 Å². The Bertz CT molecular complexity index is 485. The van der Waals surface area contributed by atoms with E-state index >= 15 is 0 Å². The summed E-state index contributed by atoms with van der Waals surface area (Å²) in [5, 5.41) is 13.8. The lowest BCUT2D eigenvalue weighted by molar-refractivity contribution is -0.142. The molecule has 1 aliphatic rings. The summed E-state index contributed by atoms with van der Waals surface area (Å²) in [6.07, 6.45) is 3.28. The standard InChI is InChI=1S/C15H19Cl2NO2/c1-9(13-7-4-11(16)8-14(13)17)18-12-5-2-10(3-6-12)15(19)20/h4,7-10,12,18H,2-3,5-6H2,1H3,(H,19,20). The first-order valence-electron chi connectivity index (χ1n) is 6.91. The Morgan fingerprint density at radius 1 is 1.30 bits per heavy atom. The van der Waals surface area contributed by atoms with Gasteiger partial charge in [0.05, 0.1) is 5.92 Å². The summed E-state index contributed by atoms with van der Waals surface area (Å²) in [6, 6.07) is 6.00. The van der Waals surface area contributed by atoms with Crippen LogP contribution in [0.1, 0.15) is 44.2 Å². The molecule has 1 atom stereocenters. The van der Waals surface area contributed by atoms with Crippen molar-refractivity contribution in [3.05, 3.63) is 33.8 Å². The van der Waals surface area contributed by atoms with Gasteiger partial charge >= 0.3 is 5.97 Å². The van der Waals surface area contributed by atoms with Crippen LogP contribution in [0.5, 0.6) is 0 Å². The molecule has 1 aromatic carbocycles. The van der Waals surface area contributed by atoms with Crippen molar-refractivity contribution in [1.29, 1.82) is 0 Å². The third-order valence-electron chi connectivity index (χ3n) is 3.99. The summed E-state index contributed by atoms with van der Waals surface area (Å²) in [5.74, 6) is -0.847. The molecule has 1 fully saturated rings. The average molecular weight is 316 g/mol. The van der Waals surface area contributed by atoms with Crippen LogP contribution in [0.3, 0.4) is 0 Å². The van der Waals surface area contributed by atoms with E-state index in [0.29, 0.717) is 16.1 Å². The summed E-state index contributed by atoms with van der Waals surface area (Å²) in [4.78, 5) is 10.9. The van der Waals surface area contributed by atoms with Crippen LogP contribution in [-0.2, 0) is 4.79 Å². The lowest BCUT2D eigenvalue weighted by Gasteiger charge is -2.30. The molecular formula is C15H19Cl2NO2. The molecule has 0 bridgehead atoms. The number of carboxylic acid groups (broad SMARTS) is 1. The van der Waals surface area contributed by atoms with E-state index in [1.807, 2.05) is 12.1 Å². The highest BCUT2D eigenvalue weighted by atomic mass is 35.5. The van der Waals surface area contributed by atoms with Gasteiger partial charge in [-0.3, -0.25) is 4.79 Å². The van der Waals surface area contributed by atoms with Gasteiger partial charge in [-0.2, -0.15) is 0 Å². The van der Waals surface area contributed by atoms with Gasteiger partial charge in [0.15, 0.2) is 0 Å². The first-order valence-corrected chi connectivity index (χ1v) is 7.66. The van der Waals surface area contributed by atoms with Gasteiger partial charge in [-0.15, -0.1) is 0 Å². The van der Waals surface area contributed by atoms with E-state index in [4.69, 9.17) is 28.3 Å². The van der Waals surface area contributed by atoms with E-state index in [-0.39, 0.29) is 12.0 Å². The largest absolute Gasteiger partial charge is 0.481 e. The van der Waals surface area contributed by atoms with Crippen LogP contribution >= 0.6 is 23.2 Å². The Hall–Kier alpha value is -0.770. The maximum absolute atomic E-state index is 10.9. The van der Waals surface area contributed by atoms with Gasteiger partial charge < -0.3 is 10.4 Å². The zero-order chi connectivity index (χ0) is 14.7. The second-order valence-electron chi connectivity index (χ2n) is 5.44. The third kappa shape index (κ3) is 3.87. The SMILES string of the molecule is CC(NC1CCC(C(=O)O)CC1)c1ccc(Cl)cc1Cl. The van der Waals surface area contributed by atoms with Crippen molar-refractivity contribution in [3.8, 4) is 0 Å². The van der Waals surface area contributed by atoms with Gasteiger partial charge in [-0.25, -0.2) is 0 Å². The monoisotopic (exact) mass is 315 g/mol. The molecule has 0 aromatic heterocycles. The zero-order valence-electron chi connectivity index (χ0n) is 11.4. The fraction of sp³-hybridized carbons (Fsp3) is 0.533. The average Bonchev–Trinajstić information content (AvgIpc) is 2.39. The number of halogens is 2. The highest BCUT2D eigenvalue weighted by Gasteiger charge is 2.26. The normalized spacial score (nSPS) is 24.4. The van der Waals surface area contributed by atoms with Crippen LogP contribution in [0.2, 0.25) is 10.0 Å². The molecule has 1 aliphatic carbocycles. The summed E-state index contributed by atoms with van der Waals surface area (Å²) >= 11 is 12.1. The maximum atomic E-state index is 10.9. The highest BCUT2D eigenvalue weighted by Crippen LogP contribution is 2.29. The van der Waals surface area contributed by atoms with Crippen molar-refractivity contribution >= 4 is 29.2 Å². The summed E-state index contributed by atoms with van der Waals surface area (Å²) in [6.45, 7) is 2.07. The first-order chi connectivity index (χ1) is 9.47. The van der Waals surface area contributed by atoms with Crippen molar-refractivity contribution < 1.29 is 9.90 Å². The Morgan fingerprint density at radius 2 is 1.95 bits per heavy atom. The van der Waals surface area contributed by atoms with Crippen molar-refractivity contribution in [1.82, 2.24) is 5.32 Å². The molecule has 0 spiro atoms. The molecule has 3 nitrogen and oxygen atoms in total. The molecule has 2 rings (SSSR count). The Morgan fingerprint density at radius 3 is 2.50 bits per heavy atom. The maximum Gasteiger partial charge on any atom is 0.306 e. The van der Waals surface area contributed by atoms with Crippen LogP contribution in [0.25, 0.3) is 0 Å². The molecule has 20 heavy (non-hydrogen) atoms. The topological polar surface area (TPSA) is 49.3 Å². The Kier molecular flexibility index (Phi) is 5.30. The number of hydrogen-bond donors (Lipinski definition) is 2. The lowest BCUT2D eigenvalue weighted by Crippen LogP contribution is -2.36. The minimum Gasteiger partial charge on any atom is -0.481 e. The molecule has 2 N–H and O–H groups in total. The van der Waals surface area contributed by atoms with Gasteiger partial charge in [-0.1, -0.05) is 29.3 Å². The van der Waals surface area contributed by atoms with Crippen molar-refractivity contribution in [2.45, 2.75) is 44.7 Å². The van der Waals surface area contributed by atoms with Crippen molar-refractivity contribution in [3.63, 3.8) is 0 Å². The molecule has 5 heteroatoms. The molecule has 0 heterocycles. The number of benzene rings is 1. The number of nitrogens with one attached hydrogen (secondary N) is 1. The van der Waals surface area contributed by atoms with Crippen LogP contribution in [0, 0.1) is 5.92 Å². The van der Waals surface area contributed by atoms with Gasteiger partial charge in [0.1, 0.15) is 0 Å². The van der Waals surface area contributed by atoms with E-state index in [9.17, 15) is 4.79 Å². The minimum atomic E-state index is -0.669. The van der Waals surface area contributed by atoms with Crippen molar-refractivity contribution in [2.75, 3.05) is 0 Å². The Balaban J connectivity index is 1.92. The summed E-state index contributed by atoms with van der Waals surface area (Å²) < 4.78 is 0. The van der Waals surface area contributed by atoms with E-state index < -0.39 is 5.97 Å². The zero-order valence-corrected chi connectivity index (χ0v) is 12.9. The van der Waals surface area contributed by atoms with E-state index in [1.165, 1.54) is 0 Å². The number of carbonyl (C=O) groups is 1. The third-order valence-corrected chi connectivity index (χ3v) is 4.55. The first kappa shape index (κ1) is 15.6. The smallest absolute Gasteiger partial charge is 0.306 e. The Labute approximate surface area is 129 Å². The van der Waals surface area contributed by atoms with Crippen LogP contribution in [0.4, 0.5) is 0 Å². The molecule has 0 aliphatic heterocycles. The predicted octanol–water partition coefficient (Wildman–Crippen LogP) is 4.29. The van der Waals surface area contributed by atoms with Crippen molar-refractivity contribution in [2.24, 2.45) is 5.92 Å². The molecule has 0 amide bonds. The van der Waals surface area contributed by atoms with E-state index in [1.54, 1.807) is 6.07 Å². The lowest BCUT2D eigenvalue weighted by atomic mass is 9.85. The fourth-order valence-corrected chi connectivity index (χ4v) is 3.38. The molecule has 0 radical (unpaired) electrons. The predicted molar refractivity (Wildman–Crippen MR) is 81.4 cm³/mol. The fourth-order valence-electron chi connectivity index (χ4n) is 2.80. The summed E-state index contributed by atoms with van der Waals surface area (Å²) in [7, 11) is 0. The molecule has 1 aromatic rings. The number of carboxylic acids is 1. The molecule has 1 saturated carbocycles. The van der Waals surface area contributed by atoms with E-state index in [2.05, 4.69) is 12.2 Å². The minimum absolute atomic E-state index is 0.131. The second kappa shape index (κ2) is 6.79.